The summed E-state index contributed by atoms with van der Waals surface area (Å²) in [6.07, 6.45) is -1.54. The quantitative estimate of drug-likeness (QED) is 0.129. The number of allylic oxidation sites excluding steroid dienone is 6. The van der Waals surface area contributed by atoms with E-state index in [1.54, 1.807) is 6.92 Å². The maximum Gasteiger partial charge on any atom is 0.329 e. The number of cyclic esters (lactones) is 1. The van der Waals surface area contributed by atoms with Crippen molar-refractivity contribution >= 4 is 29.2 Å². The highest BCUT2D eigenvalue weighted by Crippen LogP contribution is 2.38. The molecule has 0 aromatic carbocycles. The van der Waals surface area contributed by atoms with E-state index in [4.69, 9.17) is 39.4 Å². The number of amides is 1. The van der Waals surface area contributed by atoms with E-state index < -0.39 is 147 Å². The van der Waals surface area contributed by atoms with E-state index in [1.807, 2.05) is 0 Å². The van der Waals surface area contributed by atoms with Gasteiger partial charge in [-0.3, -0.25) is 19.2 Å². The van der Waals surface area contributed by atoms with Gasteiger partial charge in [-0.15, -0.1) is 0 Å². The van der Waals surface area contributed by atoms with Crippen LogP contribution in [0, 0.1) is 41.4 Å². The summed E-state index contributed by atoms with van der Waals surface area (Å²) in [6, 6.07) is -1.48. The number of aliphatic hydroxyl groups is 3. The Morgan fingerprint density at radius 3 is 2.39 bits per heavy atom. The SMILES string of the molecule is [2H]C([2H])([2H])O[C@H]1C[C@@H]2CC([2H])([2H])[C@@H](C)[C@@](O)(O2)C(=O)C(=O)N2CCCC[C@H]2C(=O)O[C@H]([C@H](C)C[C@@H]2CC[C@@H](OCCO)[C@H](OC)C2)CC(=O)[C@H](C([2H])([2H])[2H])/C=C(\C)[C@@H](O)[C@@H](OC)C(=O)[C@H](C)C([2H])(C)[C@]([2H])(C)/C=C/C=CC=C1C. The number of carbonyl (C=O) groups excluding carboxylic acids is 5. The van der Waals surface area contributed by atoms with E-state index in [0.29, 0.717) is 38.5 Å². The highest BCUT2D eigenvalue weighted by molar-refractivity contribution is 6.39. The number of carbonyl (C=O) groups is 5. The zero-order chi connectivity index (χ0) is 59.8. The van der Waals surface area contributed by atoms with Crippen LogP contribution in [0.25, 0.3) is 0 Å². The molecule has 15 heteroatoms. The van der Waals surface area contributed by atoms with Gasteiger partial charge >= 0.3 is 5.97 Å². The number of hydrogen-bond acceptors (Lipinski definition) is 14. The van der Waals surface area contributed by atoms with Gasteiger partial charge in [0.15, 0.2) is 5.78 Å². The molecule has 390 valence electrons. The molecule has 15 nitrogen and oxygen atoms in total. The number of Topliss-reactive ketones (excluding diaryl/α,β-unsaturated/α-hetero) is 3. The number of ether oxygens (including phenoxy) is 6. The van der Waals surface area contributed by atoms with Crippen molar-refractivity contribution in [2.24, 2.45) is 41.4 Å². The fourth-order valence-corrected chi connectivity index (χ4v) is 9.73. The number of esters is 1. The molecule has 3 fully saturated rings. The fourth-order valence-electron chi connectivity index (χ4n) is 9.73. The van der Waals surface area contributed by atoms with Gasteiger partial charge in [-0.1, -0.05) is 77.9 Å². The second-order valence-corrected chi connectivity index (χ2v) is 19.3. The van der Waals surface area contributed by atoms with Crippen LogP contribution in [-0.2, 0) is 52.4 Å². The van der Waals surface area contributed by atoms with Crippen molar-refractivity contribution in [2.45, 2.75) is 180 Å². The topological polar surface area (TPSA) is 205 Å². The third-order valence-electron chi connectivity index (χ3n) is 14.5. The highest BCUT2D eigenvalue weighted by Gasteiger charge is 2.53. The molecule has 0 aromatic heterocycles. The molecular weight excluding hydrogens is 887 g/mol. The lowest BCUT2D eigenvalue weighted by Crippen LogP contribution is -2.61. The molecule has 2 saturated heterocycles. The van der Waals surface area contributed by atoms with Gasteiger partial charge in [-0.2, -0.15) is 0 Å². The lowest BCUT2D eigenvalue weighted by atomic mass is 9.78. The number of hydrogen-bond donors (Lipinski definition) is 3. The Labute approximate surface area is 425 Å². The first kappa shape index (κ1) is 44.3. The molecule has 69 heavy (non-hydrogen) atoms. The maximum atomic E-state index is 14.7. The Balaban J connectivity index is 1.88. The van der Waals surface area contributed by atoms with Gasteiger partial charge in [-0.25, -0.2) is 4.79 Å². The van der Waals surface area contributed by atoms with E-state index in [-0.39, 0.29) is 55.5 Å². The van der Waals surface area contributed by atoms with E-state index in [2.05, 4.69) is 0 Å². The Morgan fingerprint density at radius 2 is 1.71 bits per heavy atom. The van der Waals surface area contributed by atoms with Crippen LogP contribution < -0.4 is 0 Å². The number of fused-ring (bicyclic) bond motifs is 3. The monoisotopic (exact) mass is 982 g/mol. The standard InChI is InChI=1S/C54H85NO14/c1-32-17-13-12-14-18-33(2)45(64-9)30-41-22-20-37(6)54(63,69-41)51(60)52(61)55-24-16-15-19-42(55)53(62)68-46(35(4)28-40-21-23-44(67-26-25-56)47(29-40)65-10)31-43(57)34(3)27-36(5)48(58)50(66-11)49(59)39(8)38(32)7/h12-14,17-18,27,32,34-35,37-42,44-48,50,56,58,63H,15-16,19-26,28-31H2,1-11H3/b14-12?,17-13+,33-18?,36-27+/t32-,34-,35-,37-,38?,39-,40+,41+,42+,44-,45+,46+,47-,48-,50-,54-/m1/s1/i3D3,9D3,20D2,32D,38D. The average Bonchev–Trinajstić information content (AvgIpc) is 3.40. The van der Waals surface area contributed by atoms with Crippen LogP contribution in [0.15, 0.2) is 47.6 Å². The molecule has 4 rings (SSSR count). The Morgan fingerprint density at radius 1 is 0.957 bits per heavy atom. The highest BCUT2D eigenvalue weighted by atomic mass is 16.6. The van der Waals surface area contributed by atoms with E-state index >= 15 is 0 Å². The van der Waals surface area contributed by atoms with Crippen LogP contribution in [-0.4, -0.2) is 145 Å². The first-order valence-corrected chi connectivity index (χ1v) is 24.3. The Kier molecular flexibility index (Phi) is 17.6. The van der Waals surface area contributed by atoms with E-state index in [1.165, 1.54) is 79.0 Å². The van der Waals surface area contributed by atoms with Crippen LogP contribution in [0.3, 0.4) is 0 Å². The molecule has 4 aliphatic rings. The van der Waals surface area contributed by atoms with Crippen LogP contribution >= 0.6 is 0 Å². The lowest BCUT2D eigenvalue weighted by Gasteiger charge is -2.42. The Bertz CT molecular complexity index is 2250. The van der Waals surface area contributed by atoms with Crippen molar-refractivity contribution < 1.29 is 81.4 Å². The second kappa shape index (κ2) is 27.4. The van der Waals surface area contributed by atoms with Crippen LogP contribution in [0.4, 0.5) is 0 Å². The van der Waals surface area contributed by atoms with Gasteiger partial charge in [0.2, 0.25) is 5.79 Å². The van der Waals surface area contributed by atoms with Crippen molar-refractivity contribution in [1.29, 1.82) is 0 Å². The first-order valence-electron chi connectivity index (χ1n) is 29.3. The van der Waals surface area contributed by atoms with Gasteiger partial charge in [0.25, 0.3) is 11.7 Å². The van der Waals surface area contributed by atoms with E-state index in [9.17, 15) is 42.0 Å². The van der Waals surface area contributed by atoms with Crippen molar-refractivity contribution in [2.75, 3.05) is 41.0 Å². The first-order chi connectivity index (χ1) is 36.5. The normalized spacial score (nSPS) is 44.0. The number of aliphatic hydroxyl groups excluding tert-OH is 2. The number of nitrogens with zero attached hydrogens (tertiary/aromatic N) is 1. The van der Waals surface area contributed by atoms with Crippen LogP contribution in [0.1, 0.15) is 140 Å². The van der Waals surface area contributed by atoms with Gasteiger partial charge in [0.05, 0.1) is 41.7 Å². The van der Waals surface area contributed by atoms with Crippen molar-refractivity contribution in [3.05, 3.63) is 47.6 Å². The van der Waals surface area contributed by atoms with Gasteiger partial charge < -0.3 is 48.6 Å². The summed E-state index contributed by atoms with van der Waals surface area (Å²) in [5.74, 6) is -18.3. The predicted molar refractivity (Wildman–Crippen MR) is 261 cm³/mol. The molecule has 3 N–H and O–H groups in total. The maximum absolute atomic E-state index is 14.7. The summed E-state index contributed by atoms with van der Waals surface area (Å²) in [4.78, 5) is 73.4. The minimum Gasteiger partial charge on any atom is -0.460 e. The van der Waals surface area contributed by atoms with Crippen LogP contribution in [0.2, 0.25) is 0 Å². The number of ketones is 3. The second-order valence-electron chi connectivity index (χ2n) is 19.3. The number of piperidine rings is 1. The van der Waals surface area contributed by atoms with Crippen molar-refractivity contribution in [1.82, 2.24) is 4.90 Å². The van der Waals surface area contributed by atoms with Crippen molar-refractivity contribution in [3.8, 4) is 0 Å². The summed E-state index contributed by atoms with van der Waals surface area (Å²) in [5.41, 5.74) is 0.131. The average molecular weight is 982 g/mol. The zero-order valence-corrected chi connectivity index (χ0v) is 41.9. The minimum absolute atomic E-state index is 0.0430. The third kappa shape index (κ3) is 15.3. The Hall–Kier alpha value is -3.41. The molecule has 0 spiro atoms. The molecule has 1 unspecified atom stereocenters. The molecule has 1 amide bonds. The lowest BCUT2D eigenvalue weighted by molar-refractivity contribution is -0.265. The molecular formula is C54H85NO14. The molecule has 1 aliphatic carbocycles. The van der Waals surface area contributed by atoms with E-state index in [0.717, 1.165) is 18.1 Å². The summed E-state index contributed by atoms with van der Waals surface area (Å²) in [7, 11) is -0.334. The molecule has 16 atom stereocenters. The van der Waals surface area contributed by atoms with Gasteiger partial charge in [0, 0.05) is 68.0 Å². The molecule has 0 aromatic rings. The molecule has 3 heterocycles. The van der Waals surface area contributed by atoms with Crippen molar-refractivity contribution in [3.63, 3.8) is 0 Å². The number of methoxy groups -OCH3 is 3. The van der Waals surface area contributed by atoms with Gasteiger partial charge in [0.1, 0.15) is 30.1 Å². The summed E-state index contributed by atoms with van der Waals surface area (Å²) >= 11 is 0. The minimum atomic E-state index is -3.14. The molecule has 1 saturated carbocycles. The third-order valence-corrected chi connectivity index (χ3v) is 14.5. The van der Waals surface area contributed by atoms with Crippen LogP contribution in [0.5, 0.6) is 0 Å². The largest absolute Gasteiger partial charge is 0.460 e. The predicted octanol–water partition coefficient (Wildman–Crippen LogP) is 6.44. The summed E-state index contributed by atoms with van der Waals surface area (Å²) in [6.45, 7) is 6.54. The summed E-state index contributed by atoms with van der Waals surface area (Å²) < 4.78 is 120. The zero-order valence-electron chi connectivity index (χ0n) is 51.9. The molecule has 2 bridgehead atoms. The molecule has 3 aliphatic heterocycles. The summed E-state index contributed by atoms with van der Waals surface area (Å²) in [5, 5.41) is 33.3. The fraction of sp³-hybridized carbons (Fsp3) is 0.759. The smallest absolute Gasteiger partial charge is 0.329 e. The molecule has 0 radical (unpaired) electrons. The number of rotatable bonds is 9. The van der Waals surface area contributed by atoms with Gasteiger partial charge in [-0.05, 0) is 106 Å².